The summed E-state index contributed by atoms with van der Waals surface area (Å²) in [6, 6.07) is 12.4. The second kappa shape index (κ2) is 5.51. The van der Waals surface area contributed by atoms with E-state index in [4.69, 9.17) is 16.9 Å². The van der Waals surface area contributed by atoms with Gasteiger partial charge in [0, 0.05) is 18.8 Å². The molecule has 1 aromatic carbocycles. The van der Waals surface area contributed by atoms with Gasteiger partial charge < -0.3 is 4.57 Å². The molecule has 0 saturated carbocycles. The number of carbonyl (C=O) groups excluding carboxylic acids is 1. The maximum Gasteiger partial charge on any atom is 0.244 e. The predicted molar refractivity (Wildman–Crippen MR) is 71.7 cm³/mol. The minimum absolute atomic E-state index is 0.299. The number of rotatable bonds is 1. The summed E-state index contributed by atoms with van der Waals surface area (Å²) in [5.74, 6) is -0.299. The number of halogens is 1. The van der Waals surface area contributed by atoms with Crippen LogP contribution in [0.2, 0.25) is 5.02 Å². The molecule has 0 spiro atoms. The van der Waals surface area contributed by atoms with Crippen LogP contribution in [0.3, 0.4) is 0 Å². The maximum absolute atomic E-state index is 11.1. The molecule has 19 heavy (non-hydrogen) atoms. The molecule has 2 aromatic rings. The third kappa shape index (κ3) is 3.09. The number of nitrogens with zero attached hydrogens (tertiary/aromatic N) is 3. The Balaban J connectivity index is 2.70. The second-order valence-electron chi connectivity index (χ2n) is 3.87. The summed E-state index contributed by atoms with van der Waals surface area (Å²) in [4.78, 5) is 15.1. The molecule has 0 saturated heterocycles. The quantitative estimate of drug-likeness (QED) is 0.800. The number of pyridine rings is 1. The van der Waals surface area contributed by atoms with Crippen LogP contribution in [0.25, 0.3) is 5.69 Å². The van der Waals surface area contributed by atoms with Gasteiger partial charge in [-0.3, -0.25) is 4.79 Å². The fourth-order valence-corrected chi connectivity index (χ4v) is 1.81. The van der Waals surface area contributed by atoms with Crippen LogP contribution in [0.5, 0.6) is 0 Å². The van der Waals surface area contributed by atoms with Crippen LogP contribution in [0, 0.1) is 11.3 Å². The van der Waals surface area contributed by atoms with Gasteiger partial charge in [-0.2, -0.15) is 10.3 Å². The first-order valence-electron chi connectivity index (χ1n) is 5.54. The molecule has 0 atom stereocenters. The van der Waals surface area contributed by atoms with E-state index in [0.29, 0.717) is 16.1 Å². The summed E-state index contributed by atoms with van der Waals surface area (Å²) < 4.78 is 1.67. The average Bonchev–Trinajstić information content (AvgIpc) is 2.40. The highest BCUT2D eigenvalue weighted by atomic mass is 35.5. The van der Waals surface area contributed by atoms with Crippen molar-refractivity contribution in [3.05, 3.63) is 58.7 Å². The summed E-state index contributed by atoms with van der Waals surface area (Å²) in [5, 5.41) is 9.43. The Morgan fingerprint density at radius 2 is 2.16 bits per heavy atom. The van der Waals surface area contributed by atoms with Crippen molar-refractivity contribution >= 4 is 17.5 Å². The van der Waals surface area contributed by atoms with Gasteiger partial charge in [-0.15, -0.1) is 0 Å². The monoisotopic (exact) mass is 271 g/mol. The lowest BCUT2D eigenvalue weighted by atomic mass is 10.2. The normalized spacial score (nSPS) is 11.1. The molecule has 0 aliphatic rings. The first kappa shape index (κ1) is 13.1. The molecule has 0 bridgehead atoms. The van der Waals surface area contributed by atoms with E-state index in [1.807, 2.05) is 6.07 Å². The summed E-state index contributed by atoms with van der Waals surface area (Å²) >= 11 is 5.96. The van der Waals surface area contributed by atoms with Gasteiger partial charge in [0.25, 0.3) is 0 Å². The van der Waals surface area contributed by atoms with Gasteiger partial charge in [0.05, 0.1) is 16.7 Å². The summed E-state index contributed by atoms with van der Waals surface area (Å²) in [7, 11) is 0. The number of nitriles is 1. The highest BCUT2D eigenvalue weighted by molar-refractivity contribution is 6.30. The largest absolute Gasteiger partial charge is 0.300 e. The van der Waals surface area contributed by atoms with E-state index in [2.05, 4.69) is 11.1 Å². The summed E-state index contributed by atoms with van der Waals surface area (Å²) in [6.45, 7) is 1.38. The Labute approximate surface area is 115 Å². The van der Waals surface area contributed by atoms with Crippen molar-refractivity contribution < 1.29 is 4.79 Å². The van der Waals surface area contributed by atoms with Crippen molar-refractivity contribution in [2.24, 2.45) is 4.99 Å². The molecule has 0 aliphatic heterocycles. The molecule has 4 nitrogen and oxygen atoms in total. The first-order valence-corrected chi connectivity index (χ1v) is 5.92. The SMILES string of the molecule is CC(=O)N=c1ccc(Cl)cn1-c1cccc(C#N)c1. The average molecular weight is 272 g/mol. The van der Waals surface area contributed by atoms with Gasteiger partial charge in [-0.05, 0) is 30.3 Å². The van der Waals surface area contributed by atoms with Crippen LogP contribution in [0.15, 0.2) is 47.6 Å². The first-order chi connectivity index (χ1) is 9.10. The van der Waals surface area contributed by atoms with Gasteiger partial charge in [0.15, 0.2) is 0 Å². The molecular weight excluding hydrogens is 262 g/mol. The molecule has 5 heteroatoms. The van der Waals surface area contributed by atoms with Crippen molar-refractivity contribution in [3.63, 3.8) is 0 Å². The number of hydrogen-bond acceptors (Lipinski definition) is 2. The number of carbonyl (C=O) groups is 1. The van der Waals surface area contributed by atoms with E-state index < -0.39 is 0 Å². The van der Waals surface area contributed by atoms with E-state index >= 15 is 0 Å². The molecule has 0 radical (unpaired) electrons. The zero-order chi connectivity index (χ0) is 13.8. The number of amides is 1. The molecule has 2 rings (SSSR count). The van der Waals surface area contributed by atoms with E-state index in [1.165, 1.54) is 6.92 Å². The van der Waals surface area contributed by atoms with Crippen LogP contribution < -0.4 is 5.49 Å². The lowest BCUT2D eigenvalue weighted by molar-refractivity contribution is -0.116. The number of benzene rings is 1. The molecule has 0 aliphatic carbocycles. The Kier molecular flexibility index (Phi) is 3.79. The molecule has 94 valence electrons. The third-order valence-electron chi connectivity index (χ3n) is 2.42. The molecule has 0 fully saturated rings. The Morgan fingerprint density at radius 3 is 2.84 bits per heavy atom. The predicted octanol–water partition coefficient (Wildman–Crippen LogP) is 2.45. The Hall–Kier alpha value is -2.38. The Morgan fingerprint density at radius 1 is 1.37 bits per heavy atom. The Bertz CT molecular complexity index is 741. The molecule has 1 aromatic heterocycles. The molecular formula is C14H10ClN3O. The minimum atomic E-state index is -0.299. The second-order valence-corrected chi connectivity index (χ2v) is 4.30. The zero-order valence-corrected chi connectivity index (χ0v) is 10.9. The van der Waals surface area contributed by atoms with Crippen molar-refractivity contribution in [2.45, 2.75) is 6.92 Å². The van der Waals surface area contributed by atoms with E-state index in [1.54, 1.807) is 41.1 Å². The van der Waals surface area contributed by atoms with Gasteiger partial charge >= 0.3 is 0 Å². The summed E-state index contributed by atoms with van der Waals surface area (Å²) in [5.41, 5.74) is 1.72. The third-order valence-corrected chi connectivity index (χ3v) is 2.64. The highest BCUT2D eigenvalue weighted by Gasteiger charge is 2.01. The van der Waals surface area contributed by atoms with Crippen molar-refractivity contribution in [1.29, 1.82) is 5.26 Å². The summed E-state index contributed by atoms with van der Waals surface area (Å²) in [6.07, 6.45) is 1.65. The van der Waals surface area contributed by atoms with Crippen LogP contribution in [0.4, 0.5) is 0 Å². The topological polar surface area (TPSA) is 58.1 Å². The van der Waals surface area contributed by atoms with Gasteiger partial charge in [-0.25, -0.2) is 0 Å². The van der Waals surface area contributed by atoms with Crippen LogP contribution in [-0.2, 0) is 4.79 Å². The molecule has 0 unspecified atom stereocenters. The fraction of sp³-hybridized carbons (Fsp3) is 0.0714. The fourth-order valence-electron chi connectivity index (χ4n) is 1.65. The standard InChI is InChI=1S/C14H10ClN3O/c1-10(19)17-14-6-5-12(15)9-18(14)13-4-2-3-11(7-13)8-16/h2-7,9H,1H3. The van der Waals surface area contributed by atoms with E-state index in [-0.39, 0.29) is 5.91 Å². The van der Waals surface area contributed by atoms with Gasteiger partial charge in [-0.1, -0.05) is 17.7 Å². The van der Waals surface area contributed by atoms with Crippen LogP contribution in [0.1, 0.15) is 12.5 Å². The minimum Gasteiger partial charge on any atom is -0.300 e. The lowest BCUT2D eigenvalue weighted by Crippen LogP contribution is -2.19. The van der Waals surface area contributed by atoms with Gasteiger partial charge in [0.2, 0.25) is 5.91 Å². The van der Waals surface area contributed by atoms with Crippen molar-refractivity contribution in [1.82, 2.24) is 4.57 Å². The zero-order valence-electron chi connectivity index (χ0n) is 10.2. The van der Waals surface area contributed by atoms with Crippen molar-refractivity contribution in [3.8, 4) is 11.8 Å². The van der Waals surface area contributed by atoms with Crippen LogP contribution >= 0.6 is 11.6 Å². The lowest BCUT2D eigenvalue weighted by Gasteiger charge is -2.08. The van der Waals surface area contributed by atoms with Gasteiger partial charge in [0.1, 0.15) is 5.49 Å². The molecule has 0 N–H and O–H groups in total. The van der Waals surface area contributed by atoms with E-state index in [0.717, 1.165) is 5.69 Å². The molecule has 1 heterocycles. The molecule has 1 amide bonds. The van der Waals surface area contributed by atoms with Crippen LogP contribution in [-0.4, -0.2) is 10.5 Å². The number of aromatic nitrogens is 1. The van der Waals surface area contributed by atoms with E-state index in [9.17, 15) is 4.79 Å². The highest BCUT2D eigenvalue weighted by Crippen LogP contribution is 2.11. The smallest absolute Gasteiger partial charge is 0.244 e. The van der Waals surface area contributed by atoms with Crippen molar-refractivity contribution in [2.75, 3.05) is 0 Å². The number of hydrogen-bond donors (Lipinski definition) is 0. The maximum atomic E-state index is 11.1.